The monoisotopic (exact) mass is 349 g/mol. The van der Waals surface area contributed by atoms with Gasteiger partial charge in [0, 0.05) is 12.2 Å². The molecule has 2 rings (SSSR count). The summed E-state index contributed by atoms with van der Waals surface area (Å²) >= 11 is 6.21. The van der Waals surface area contributed by atoms with E-state index < -0.39 is 18.5 Å². The third-order valence-corrected chi connectivity index (χ3v) is 3.58. The van der Waals surface area contributed by atoms with Crippen molar-refractivity contribution < 1.29 is 14.3 Å². The summed E-state index contributed by atoms with van der Waals surface area (Å²) in [5.41, 5.74) is 1.32. The van der Waals surface area contributed by atoms with Crippen LogP contribution in [-0.4, -0.2) is 28.3 Å². The van der Waals surface area contributed by atoms with Crippen LogP contribution in [0.5, 0.6) is 0 Å². The highest BCUT2D eigenvalue weighted by atomic mass is 35.5. The highest BCUT2D eigenvalue weighted by Gasteiger charge is 2.22. The molecular formula is C17H20ClN3O3. The Morgan fingerprint density at radius 3 is 2.58 bits per heavy atom. The lowest BCUT2D eigenvalue weighted by atomic mass is 10.2. The van der Waals surface area contributed by atoms with E-state index in [0.29, 0.717) is 23.8 Å². The fourth-order valence-corrected chi connectivity index (χ4v) is 2.49. The molecule has 0 aliphatic heterocycles. The summed E-state index contributed by atoms with van der Waals surface area (Å²) in [7, 11) is 0. The topological polar surface area (TPSA) is 73.2 Å². The van der Waals surface area contributed by atoms with Crippen LogP contribution >= 0.6 is 11.6 Å². The average molecular weight is 350 g/mol. The molecule has 0 spiro atoms. The molecule has 1 N–H and O–H groups in total. The Kier molecular flexibility index (Phi) is 5.98. The number of amides is 1. The molecule has 0 aliphatic carbocycles. The van der Waals surface area contributed by atoms with Gasteiger partial charge in [-0.25, -0.2) is 4.79 Å². The summed E-state index contributed by atoms with van der Waals surface area (Å²) in [4.78, 5) is 24.0. The molecule has 0 fully saturated rings. The number of halogens is 1. The molecular weight excluding hydrogens is 330 g/mol. The molecule has 24 heavy (non-hydrogen) atoms. The Bertz CT molecular complexity index is 726. The number of nitrogens with one attached hydrogen (secondary N) is 1. The largest absolute Gasteiger partial charge is 0.452 e. The van der Waals surface area contributed by atoms with Crippen LogP contribution in [0.4, 0.5) is 5.69 Å². The summed E-state index contributed by atoms with van der Waals surface area (Å²) < 4.78 is 6.62. The van der Waals surface area contributed by atoms with Crippen LogP contribution in [0.3, 0.4) is 0 Å². The van der Waals surface area contributed by atoms with Gasteiger partial charge < -0.3 is 10.1 Å². The zero-order valence-corrected chi connectivity index (χ0v) is 14.6. The van der Waals surface area contributed by atoms with E-state index in [0.717, 1.165) is 0 Å². The molecule has 0 radical (unpaired) electrons. The minimum atomic E-state index is -0.657. The highest BCUT2D eigenvalue weighted by Crippen LogP contribution is 2.21. The number of hydrogen-bond donors (Lipinski definition) is 1. The molecule has 0 atom stereocenters. The molecule has 6 nitrogen and oxygen atoms in total. The molecule has 0 aliphatic rings. The van der Waals surface area contributed by atoms with E-state index in [2.05, 4.69) is 10.4 Å². The second kappa shape index (κ2) is 7.97. The predicted molar refractivity (Wildman–Crippen MR) is 92.2 cm³/mol. The second-order valence-corrected chi connectivity index (χ2v) is 6.18. The summed E-state index contributed by atoms with van der Waals surface area (Å²) in [6.45, 7) is 5.95. The van der Waals surface area contributed by atoms with Crippen LogP contribution in [0.15, 0.2) is 30.3 Å². The fourth-order valence-electron chi connectivity index (χ4n) is 2.17. The van der Waals surface area contributed by atoms with Gasteiger partial charge in [0.15, 0.2) is 6.61 Å². The van der Waals surface area contributed by atoms with Crippen molar-refractivity contribution in [3.05, 3.63) is 46.7 Å². The normalized spacial score (nSPS) is 10.7. The molecule has 0 saturated heterocycles. The van der Waals surface area contributed by atoms with Gasteiger partial charge in [0.05, 0.1) is 5.69 Å². The van der Waals surface area contributed by atoms with Gasteiger partial charge in [-0.3, -0.25) is 9.48 Å². The first kappa shape index (κ1) is 18.0. The van der Waals surface area contributed by atoms with Gasteiger partial charge >= 0.3 is 5.97 Å². The van der Waals surface area contributed by atoms with Gasteiger partial charge in [0.25, 0.3) is 5.91 Å². The van der Waals surface area contributed by atoms with Crippen LogP contribution in [0.1, 0.15) is 29.9 Å². The first-order valence-electron chi connectivity index (χ1n) is 7.63. The molecule has 0 bridgehead atoms. The minimum absolute atomic E-state index is 0.199. The van der Waals surface area contributed by atoms with Crippen LogP contribution in [-0.2, 0) is 16.1 Å². The number of ether oxygens (including phenoxy) is 1. The SMILES string of the molecule is Cc1nn(CC(C)C)c(Cl)c1C(=O)OCC(=O)Nc1ccccc1. The smallest absolute Gasteiger partial charge is 0.343 e. The number of anilines is 1. The van der Waals surface area contributed by atoms with E-state index in [4.69, 9.17) is 16.3 Å². The van der Waals surface area contributed by atoms with E-state index in [-0.39, 0.29) is 10.7 Å². The van der Waals surface area contributed by atoms with Crippen LogP contribution < -0.4 is 5.32 Å². The van der Waals surface area contributed by atoms with Gasteiger partial charge in [0.2, 0.25) is 0 Å². The number of hydrogen-bond acceptors (Lipinski definition) is 4. The van der Waals surface area contributed by atoms with Crippen molar-refractivity contribution in [2.75, 3.05) is 11.9 Å². The average Bonchev–Trinajstić information content (AvgIpc) is 2.79. The number of aromatic nitrogens is 2. The van der Waals surface area contributed by atoms with Crippen molar-refractivity contribution in [2.45, 2.75) is 27.3 Å². The number of esters is 1. The van der Waals surface area contributed by atoms with Crippen molar-refractivity contribution in [1.82, 2.24) is 9.78 Å². The number of nitrogens with zero attached hydrogens (tertiary/aromatic N) is 2. The highest BCUT2D eigenvalue weighted by molar-refractivity contribution is 6.32. The molecule has 0 unspecified atom stereocenters. The van der Waals surface area contributed by atoms with Gasteiger partial charge in [-0.2, -0.15) is 5.10 Å². The number of aryl methyl sites for hydroxylation is 1. The van der Waals surface area contributed by atoms with Gasteiger partial charge in [-0.15, -0.1) is 0 Å². The molecule has 0 saturated carbocycles. The lowest BCUT2D eigenvalue weighted by molar-refractivity contribution is -0.119. The van der Waals surface area contributed by atoms with E-state index in [1.165, 1.54) is 0 Å². The number of rotatable bonds is 6. The third-order valence-electron chi connectivity index (χ3n) is 3.20. The predicted octanol–water partition coefficient (Wildman–Crippen LogP) is 3.30. The molecule has 1 amide bonds. The van der Waals surface area contributed by atoms with Gasteiger partial charge in [-0.1, -0.05) is 43.6 Å². The maximum atomic E-state index is 12.2. The van der Waals surface area contributed by atoms with Crippen molar-refractivity contribution in [3.8, 4) is 0 Å². The minimum Gasteiger partial charge on any atom is -0.452 e. The van der Waals surface area contributed by atoms with E-state index >= 15 is 0 Å². The van der Waals surface area contributed by atoms with Gasteiger partial charge in [-0.05, 0) is 25.0 Å². The van der Waals surface area contributed by atoms with Crippen molar-refractivity contribution >= 4 is 29.2 Å². The summed E-state index contributed by atoms with van der Waals surface area (Å²) in [6, 6.07) is 8.93. The quantitative estimate of drug-likeness (QED) is 0.812. The van der Waals surface area contributed by atoms with Gasteiger partial charge in [0.1, 0.15) is 10.7 Å². The lowest BCUT2D eigenvalue weighted by Crippen LogP contribution is -2.21. The van der Waals surface area contributed by atoms with E-state index in [1.807, 2.05) is 19.9 Å². The lowest BCUT2D eigenvalue weighted by Gasteiger charge is -2.07. The first-order valence-corrected chi connectivity index (χ1v) is 8.01. The Labute approximate surface area is 145 Å². The molecule has 1 aromatic carbocycles. The summed E-state index contributed by atoms with van der Waals surface area (Å²) in [6.07, 6.45) is 0. The van der Waals surface area contributed by atoms with Crippen molar-refractivity contribution in [1.29, 1.82) is 0 Å². The zero-order chi connectivity index (χ0) is 17.7. The fraction of sp³-hybridized carbons (Fsp3) is 0.353. The van der Waals surface area contributed by atoms with E-state index in [1.54, 1.807) is 35.9 Å². The van der Waals surface area contributed by atoms with Crippen LogP contribution in [0.2, 0.25) is 5.15 Å². The second-order valence-electron chi connectivity index (χ2n) is 5.82. The summed E-state index contributed by atoms with van der Waals surface area (Å²) in [5, 5.41) is 7.12. The number of benzene rings is 1. The molecule has 1 aromatic heterocycles. The zero-order valence-electron chi connectivity index (χ0n) is 13.9. The number of carbonyl (C=O) groups is 2. The van der Waals surface area contributed by atoms with Crippen LogP contribution in [0, 0.1) is 12.8 Å². The molecule has 128 valence electrons. The maximum Gasteiger partial charge on any atom is 0.343 e. The van der Waals surface area contributed by atoms with E-state index in [9.17, 15) is 9.59 Å². The Morgan fingerprint density at radius 2 is 1.96 bits per heavy atom. The molecule has 1 heterocycles. The summed E-state index contributed by atoms with van der Waals surface area (Å²) in [5.74, 6) is -0.740. The number of carbonyl (C=O) groups excluding carboxylic acids is 2. The molecule has 7 heteroatoms. The van der Waals surface area contributed by atoms with Crippen molar-refractivity contribution in [2.24, 2.45) is 5.92 Å². The Balaban J connectivity index is 1.97. The standard InChI is InChI=1S/C17H20ClN3O3/c1-11(2)9-21-16(18)15(12(3)20-21)17(23)24-10-14(22)19-13-7-5-4-6-8-13/h4-8,11H,9-10H2,1-3H3,(H,19,22). The third kappa shape index (κ3) is 4.58. The van der Waals surface area contributed by atoms with Crippen molar-refractivity contribution in [3.63, 3.8) is 0 Å². The maximum absolute atomic E-state index is 12.2. The Morgan fingerprint density at radius 1 is 1.29 bits per heavy atom. The Hall–Kier alpha value is -2.34. The first-order chi connectivity index (χ1) is 11.4. The molecule has 2 aromatic rings. The van der Waals surface area contributed by atoms with Crippen LogP contribution in [0.25, 0.3) is 0 Å². The number of para-hydroxylation sites is 1.